The number of sulfonamides is 1. The van der Waals surface area contributed by atoms with Gasteiger partial charge in [0.25, 0.3) is 0 Å². The number of hydrogen-bond acceptors (Lipinski definition) is 6. The molecule has 0 amide bonds. The summed E-state index contributed by atoms with van der Waals surface area (Å²) in [5.74, 6) is 0.673. The lowest BCUT2D eigenvalue weighted by molar-refractivity contribution is -0.0246. The van der Waals surface area contributed by atoms with Crippen LogP contribution >= 0.6 is 0 Å². The smallest absolute Gasteiger partial charge is 0.236 e. The summed E-state index contributed by atoms with van der Waals surface area (Å²) in [4.78, 5) is 3.92. The Balaban J connectivity index is 1.33. The fourth-order valence-corrected chi connectivity index (χ4v) is 4.27. The highest BCUT2D eigenvalue weighted by atomic mass is 32.2. The number of nitrogens with zero attached hydrogens (tertiary/aromatic N) is 4. The van der Waals surface area contributed by atoms with Crippen molar-refractivity contribution in [2.24, 2.45) is 0 Å². The molecule has 0 aliphatic carbocycles. The lowest BCUT2D eigenvalue weighted by Gasteiger charge is -2.31. The lowest BCUT2D eigenvalue weighted by Crippen LogP contribution is -2.46. The third-order valence-electron chi connectivity index (χ3n) is 4.65. The molecular formula is C21H22N4O4S. The van der Waals surface area contributed by atoms with Crippen molar-refractivity contribution in [3.63, 3.8) is 0 Å². The summed E-state index contributed by atoms with van der Waals surface area (Å²) in [6, 6.07) is 16.7. The molecule has 9 heteroatoms. The van der Waals surface area contributed by atoms with Crippen molar-refractivity contribution in [1.82, 2.24) is 19.1 Å². The minimum atomic E-state index is -3.53. The summed E-state index contributed by atoms with van der Waals surface area (Å²) >= 11 is 0. The van der Waals surface area contributed by atoms with Gasteiger partial charge in [0.05, 0.1) is 12.3 Å². The van der Waals surface area contributed by atoms with Crippen molar-refractivity contribution < 1.29 is 17.9 Å². The summed E-state index contributed by atoms with van der Waals surface area (Å²) in [6.07, 6.45) is 4.35. The van der Waals surface area contributed by atoms with Crippen molar-refractivity contribution >= 4 is 16.1 Å². The summed E-state index contributed by atoms with van der Waals surface area (Å²) < 4.78 is 39.9. The Morgan fingerprint density at radius 2 is 1.93 bits per heavy atom. The zero-order chi connectivity index (χ0) is 20.8. The minimum Gasteiger partial charge on any atom is -0.491 e. The maximum Gasteiger partial charge on any atom is 0.236 e. The van der Waals surface area contributed by atoms with E-state index in [1.807, 2.05) is 54.6 Å². The fraction of sp³-hybridized carbons (Fsp3) is 0.238. The van der Waals surface area contributed by atoms with Crippen LogP contribution in [-0.4, -0.2) is 59.9 Å². The van der Waals surface area contributed by atoms with E-state index >= 15 is 0 Å². The van der Waals surface area contributed by atoms with E-state index in [0.29, 0.717) is 18.9 Å². The van der Waals surface area contributed by atoms with Gasteiger partial charge in [-0.1, -0.05) is 30.3 Å². The highest BCUT2D eigenvalue weighted by Crippen LogP contribution is 2.17. The minimum absolute atomic E-state index is 0.249. The Bertz CT molecular complexity index is 1070. The van der Waals surface area contributed by atoms with Crippen LogP contribution in [0.1, 0.15) is 5.56 Å². The molecule has 156 valence electrons. The van der Waals surface area contributed by atoms with Crippen LogP contribution in [-0.2, 0) is 14.8 Å². The van der Waals surface area contributed by atoms with Crippen LogP contribution in [0.15, 0.2) is 72.7 Å². The molecule has 1 aliphatic heterocycles. The van der Waals surface area contributed by atoms with Crippen molar-refractivity contribution in [1.29, 1.82) is 0 Å². The molecule has 0 spiro atoms. The summed E-state index contributed by atoms with van der Waals surface area (Å²) in [7, 11) is -3.53. The van der Waals surface area contributed by atoms with Gasteiger partial charge in [-0.25, -0.2) is 18.1 Å². The van der Waals surface area contributed by atoms with Crippen LogP contribution in [0.4, 0.5) is 0 Å². The van der Waals surface area contributed by atoms with Gasteiger partial charge in [0.1, 0.15) is 31.1 Å². The highest BCUT2D eigenvalue weighted by molar-refractivity contribution is 7.92. The van der Waals surface area contributed by atoms with Gasteiger partial charge in [-0.05, 0) is 35.9 Å². The second-order valence-corrected chi connectivity index (χ2v) is 8.57. The first-order valence-corrected chi connectivity index (χ1v) is 11.0. The highest BCUT2D eigenvalue weighted by Gasteiger charge is 2.28. The molecule has 8 nitrogen and oxygen atoms in total. The van der Waals surface area contributed by atoms with Crippen LogP contribution in [0.5, 0.6) is 5.75 Å². The molecule has 1 fully saturated rings. The van der Waals surface area contributed by atoms with Gasteiger partial charge in [0.2, 0.25) is 10.0 Å². The van der Waals surface area contributed by atoms with E-state index in [1.54, 1.807) is 17.1 Å². The second-order valence-electron chi connectivity index (χ2n) is 6.75. The van der Waals surface area contributed by atoms with E-state index in [0.717, 1.165) is 11.3 Å². The van der Waals surface area contributed by atoms with Crippen molar-refractivity contribution in [2.75, 3.05) is 26.3 Å². The number of hydrogen-bond donors (Lipinski definition) is 0. The monoisotopic (exact) mass is 426 g/mol. The SMILES string of the molecule is O=S(=O)(C=Cc1ccccc1)N1CCOC(COc2ccc(-n3cncn3)cc2)C1. The lowest BCUT2D eigenvalue weighted by atomic mass is 10.2. The molecule has 0 bridgehead atoms. The molecular weight excluding hydrogens is 404 g/mol. The van der Waals surface area contributed by atoms with Gasteiger partial charge in [0, 0.05) is 18.5 Å². The standard InChI is InChI=1S/C21H22N4O4S/c26-30(27,13-10-18-4-2-1-3-5-18)24-11-12-28-21(14-24)15-29-20-8-6-19(7-9-20)25-17-22-16-23-25/h1-10,13,16-17,21H,11-12,14-15H2. The van der Waals surface area contributed by atoms with Gasteiger partial charge in [-0.2, -0.15) is 9.40 Å². The average Bonchev–Trinajstić information content (AvgIpc) is 3.33. The number of aromatic nitrogens is 3. The molecule has 2 heterocycles. The normalized spacial score (nSPS) is 17.9. The predicted octanol–water partition coefficient (Wildman–Crippen LogP) is 2.35. The average molecular weight is 426 g/mol. The number of rotatable bonds is 7. The molecule has 1 aliphatic rings. The molecule has 1 saturated heterocycles. The molecule has 3 aromatic rings. The van der Waals surface area contributed by atoms with Crippen LogP contribution in [0.2, 0.25) is 0 Å². The van der Waals surface area contributed by atoms with Crippen molar-refractivity contribution in [3.8, 4) is 11.4 Å². The zero-order valence-corrected chi connectivity index (χ0v) is 17.1. The van der Waals surface area contributed by atoms with E-state index in [1.165, 1.54) is 16.0 Å². The summed E-state index contributed by atoms with van der Waals surface area (Å²) in [6.45, 7) is 1.16. The predicted molar refractivity (Wildman–Crippen MR) is 113 cm³/mol. The Kier molecular flexibility index (Phi) is 6.22. The third kappa shape index (κ3) is 5.12. The van der Waals surface area contributed by atoms with Gasteiger partial charge >= 0.3 is 0 Å². The van der Waals surface area contributed by atoms with E-state index in [2.05, 4.69) is 10.1 Å². The Hall–Kier alpha value is -3.01. The molecule has 1 unspecified atom stereocenters. The van der Waals surface area contributed by atoms with Crippen LogP contribution in [0.25, 0.3) is 11.8 Å². The molecule has 1 aromatic heterocycles. The second kappa shape index (κ2) is 9.21. The maximum atomic E-state index is 12.7. The molecule has 0 radical (unpaired) electrons. The first kappa shape index (κ1) is 20.3. The quantitative estimate of drug-likeness (QED) is 0.576. The number of ether oxygens (including phenoxy) is 2. The van der Waals surface area contributed by atoms with E-state index < -0.39 is 10.0 Å². The number of morpholine rings is 1. The van der Waals surface area contributed by atoms with Crippen LogP contribution < -0.4 is 4.74 Å². The zero-order valence-electron chi connectivity index (χ0n) is 16.2. The Labute approximate surface area is 175 Å². The van der Waals surface area contributed by atoms with E-state index in [-0.39, 0.29) is 19.3 Å². The molecule has 2 aromatic carbocycles. The van der Waals surface area contributed by atoms with Crippen molar-refractivity contribution in [3.05, 3.63) is 78.2 Å². The van der Waals surface area contributed by atoms with Crippen LogP contribution in [0, 0.1) is 0 Å². The van der Waals surface area contributed by atoms with Crippen molar-refractivity contribution in [2.45, 2.75) is 6.10 Å². The van der Waals surface area contributed by atoms with E-state index in [9.17, 15) is 8.42 Å². The maximum absolute atomic E-state index is 12.7. The largest absolute Gasteiger partial charge is 0.491 e. The molecule has 1 atom stereocenters. The van der Waals surface area contributed by atoms with Gasteiger partial charge in [0.15, 0.2) is 0 Å². The topological polar surface area (TPSA) is 86.5 Å². The summed E-state index contributed by atoms with van der Waals surface area (Å²) in [5.41, 5.74) is 1.71. The molecule has 4 rings (SSSR count). The van der Waals surface area contributed by atoms with Gasteiger partial charge in [-0.15, -0.1) is 0 Å². The van der Waals surface area contributed by atoms with Crippen LogP contribution in [0.3, 0.4) is 0 Å². The third-order valence-corrected chi connectivity index (χ3v) is 6.18. The van der Waals surface area contributed by atoms with E-state index in [4.69, 9.17) is 9.47 Å². The first-order valence-electron chi connectivity index (χ1n) is 9.53. The molecule has 0 N–H and O–H groups in total. The molecule has 30 heavy (non-hydrogen) atoms. The molecule has 0 saturated carbocycles. The van der Waals surface area contributed by atoms with Gasteiger partial charge < -0.3 is 9.47 Å². The first-order chi connectivity index (χ1) is 14.6. The Morgan fingerprint density at radius 3 is 2.67 bits per heavy atom. The Morgan fingerprint density at radius 1 is 1.13 bits per heavy atom. The number of benzene rings is 2. The van der Waals surface area contributed by atoms with Gasteiger partial charge in [-0.3, -0.25) is 0 Å². The fourth-order valence-electron chi connectivity index (χ4n) is 3.06. The summed E-state index contributed by atoms with van der Waals surface area (Å²) in [5, 5.41) is 5.32.